The number of esters is 1. The maximum atomic E-state index is 12.1. The fourth-order valence-corrected chi connectivity index (χ4v) is 3.65. The zero-order chi connectivity index (χ0) is 18.9. The van der Waals surface area contributed by atoms with E-state index < -0.39 is 35.8 Å². The molecule has 0 radical (unpaired) electrons. The van der Waals surface area contributed by atoms with Crippen LogP contribution < -0.4 is 0 Å². The Kier molecular flexibility index (Phi) is 4.95. The van der Waals surface area contributed by atoms with Crippen molar-refractivity contribution in [2.75, 3.05) is 6.61 Å². The number of aliphatic hydroxyl groups excluding tert-OH is 1. The van der Waals surface area contributed by atoms with Crippen LogP contribution in [-0.2, 0) is 19.1 Å². The van der Waals surface area contributed by atoms with Crippen LogP contribution in [0.3, 0.4) is 0 Å². The number of carbonyl (C=O) groups is 2. The fourth-order valence-electron chi connectivity index (χ4n) is 3.65. The van der Waals surface area contributed by atoms with E-state index in [2.05, 4.69) is 6.58 Å². The van der Waals surface area contributed by atoms with E-state index in [9.17, 15) is 24.9 Å². The Morgan fingerprint density at radius 1 is 1.35 bits per heavy atom. The zero-order valence-corrected chi connectivity index (χ0v) is 13.9. The van der Waals surface area contributed by atoms with Gasteiger partial charge in [0.15, 0.2) is 6.29 Å². The molecule has 26 heavy (non-hydrogen) atoms. The average molecular weight is 360 g/mol. The molecule has 1 saturated heterocycles. The highest BCUT2D eigenvalue weighted by Gasteiger charge is 2.63. The third-order valence-electron chi connectivity index (χ3n) is 5.02. The lowest BCUT2D eigenvalue weighted by atomic mass is 9.84. The van der Waals surface area contributed by atoms with Gasteiger partial charge in [-0.25, -0.2) is 4.79 Å². The molecule has 0 spiro atoms. The lowest BCUT2D eigenvalue weighted by molar-refractivity contribution is -0.157. The van der Waals surface area contributed by atoms with Gasteiger partial charge in [0, 0.05) is 12.0 Å². The van der Waals surface area contributed by atoms with Crippen LogP contribution in [0.25, 0.3) is 6.08 Å². The number of hydrogen-bond acceptors (Lipinski definition) is 7. The summed E-state index contributed by atoms with van der Waals surface area (Å²) in [5.41, 5.74) is -0.663. The number of hydrogen-bond donors (Lipinski definition) is 3. The minimum atomic E-state index is -1.57. The Bertz CT molecular complexity index is 739. The molecule has 1 heterocycles. The second kappa shape index (κ2) is 7.03. The van der Waals surface area contributed by atoms with Gasteiger partial charge in [-0.1, -0.05) is 18.7 Å². The van der Waals surface area contributed by atoms with Crippen molar-refractivity contribution in [1.82, 2.24) is 0 Å². The van der Waals surface area contributed by atoms with Crippen LogP contribution in [0.4, 0.5) is 0 Å². The number of rotatable bonds is 5. The first-order valence-electron chi connectivity index (χ1n) is 8.19. The molecular formula is C19H20O7. The summed E-state index contributed by atoms with van der Waals surface area (Å²) in [5, 5.41) is 30.1. The van der Waals surface area contributed by atoms with Crippen LogP contribution >= 0.6 is 0 Å². The molecule has 0 bridgehead atoms. The number of benzene rings is 1. The Balaban J connectivity index is 1.72. The van der Waals surface area contributed by atoms with Crippen molar-refractivity contribution in [1.29, 1.82) is 0 Å². The fraction of sp³-hybridized carbons (Fsp3) is 0.368. The summed E-state index contributed by atoms with van der Waals surface area (Å²) in [6.07, 6.45) is 1.29. The summed E-state index contributed by atoms with van der Waals surface area (Å²) in [7, 11) is 0. The van der Waals surface area contributed by atoms with Crippen LogP contribution in [0, 0.1) is 11.8 Å². The number of aldehydes is 1. The molecule has 0 amide bonds. The topological polar surface area (TPSA) is 113 Å². The van der Waals surface area contributed by atoms with Gasteiger partial charge in [-0.05, 0) is 35.8 Å². The van der Waals surface area contributed by atoms with Crippen molar-refractivity contribution in [3.05, 3.63) is 48.1 Å². The van der Waals surface area contributed by atoms with Gasteiger partial charge in [-0.3, -0.25) is 4.79 Å². The van der Waals surface area contributed by atoms with E-state index in [0.29, 0.717) is 11.8 Å². The van der Waals surface area contributed by atoms with E-state index in [1.165, 1.54) is 24.3 Å². The lowest BCUT2D eigenvalue weighted by Crippen LogP contribution is -2.46. The van der Waals surface area contributed by atoms with Gasteiger partial charge in [0.25, 0.3) is 0 Å². The van der Waals surface area contributed by atoms with Gasteiger partial charge < -0.3 is 24.8 Å². The molecule has 0 unspecified atom stereocenters. The number of aromatic hydroxyl groups is 1. The highest BCUT2D eigenvalue weighted by Crippen LogP contribution is 2.50. The van der Waals surface area contributed by atoms with E-state index in [-0.39, 0.29) is 24.4 Å². The number of phenols is 1. The van der Waals surface area contributed by atoms with Crippen LogP contribution in [0.5, 0.6) is 5.75 Å². The Hall–Kier alpha value is -2.48. The second-order valence-corrected chi connectivity index (χ2v) is 6.60. The molecule has 2 fully saturated rings. The van der Waals surface area contributed by atoms with Crippen LogP contribution in [-0.4, -0.2) is 52.2 Å². The van der Waals surface area contributed by atoms with Crippen LogP contribution in [0.2, 0.25) is 0 Å². The summed E-state index contributed by atoms with van der Waals surface area (Å²) in [6.45, 7) is 3.46. The summed E-state index contributed by atoms with van der Waals surface area (Å²) >= 11 is 0. The first kappa shape index (κ1) is 18.3. The van der Waals surface area contributed by atoms with E-state index in [1.807, 2.05) is 0 Å². The minimum absolute atomic E-state index is 0.116. The first-order chi connectivity index (χ1) is 12.3. The van der Waals surface area contributed by atoms with E-state index >= 15 is 0 Å². The monoisotopic (exact) mass is 360 g/mol. The zero-order valence-electron chi connectivity index (χ0n) is 13.9. The highest BCUT2D eigenvalue weighted by molar-refractivity contribution is 5.87. The van der Waals surface area contributed by atoms with Gasteiger partial charge in [-0.15, -0.1) is 0 Å². The smallest absolute Gasteiger partial charge is 0.331 e. The number of phenolic OH excluding ortho intramolecular Hbond substituents is 1. The van der Waals surface area contributed by atoms with Crippen molar-refractivity contribution < 1.29 is 34.4 Å². The highest BCUT2D eigenvalue weighted by atomic mass is 16.6. The minimum Gasteiger partial charge on any atom is -0.508 e. The summed E-state index contributed by atoms with van der Waals surface area (Å²) in [6, 6.07) is 6.23. The van der Waals surface area contributed by atoms with Crippen LogP contribution in [0.1, 0.15) is 12.0 Å². The predicted octanol–water partition coefficient (Wildman–Crippen LogP) is 0.788. The molecule has 138 valence electrons. The molecule has 1 aliphatic heterocycles. The standard InChI is InChI=1S/C19H20O7/c1-11(9-20)14-8-15(19(24)10-25-18(23)17(14)19)26-16(22)7-4-12-2-5-13(21)6-3-12/h2-7,9,14-15,17-18,21,23-24H,1,8,10H2/b7-4-/t14-,15+,17-,18+,19+/m1/s1. The Morgan fingerprint density at radius 2 is 2.04 bits per heavy atom. The first-order valence-corrected chi connectivity index (χ1v) is 8.19. The molecule has 1 aromatic carbocycles. The maximum Gasteiger partial charge on any atom is 0.331 e. The molecule has 3 N–H and O–H groups in total. The Morgan fingerprint density at radius 3 is 2.69 bits per heavy atom. The molecular weight excluding hydrogens is 340 g/mol. The van der Waals surface area contributed by atoms with Crippen molar-refractivity contribution >= 4 is 18.3 Å². The third-order valence-corrected chi connectivity index (χ3v) is 5.02. The number of carbonyl (C=O) groups excluding carboxylic acids is 2. The van der Waals surface area contributed by atoms with Crippen molar-refractivity contribution in [2.24, 2.45) is 11.8 Å². The van der Waals surface area contributed by atoms with Crippen LogP contribution in [0.15, 0.2) is 42.5 Å². The predicted molar refractivity (Wildman–Crippen MR) is 90.7 cm³/mol. The second-order valence-electron chi connectivity index (χ2n) is 6.60. The summed E-state index contributed by atoms with van der Waals surface area (Å²) < 4.78 is 10.5. The molecule has 1 saturated carbocycles. The van der Waals surface area contributed by atoms with E-state index in [0.717, 1.165) is 0 Å². The van der Waals surface area contributed by atoms with Gasteiger partial charge in [-0.2, -0.15) is 0 Å². The van der Waals surface area contributed by atoms with E-state index in [1.54, 1.807) is 12.1 Å². The molecule has 7 nitrogen and oxygen atoms in total. The van der Waals surface area contributed by atoms with Crippen molar-refractivity contribution in [2.45, 2.75) is 24.4 Å². The SMILES string of the molecule is C=C(C=O)[C@H]1C[C@H](OC(=O)/C=C\c2ccc(O)cc2)[C@@]2(O)CO[C@H](O)[C@@H]12. The van der Waals surface area contributed by atoms with Crippen molar-refractivity contribution in [3.63, 3.8) is 0 Å². The molecule has 3 rings (SSSR count). The summed E-state index contributed by atoms with van der Waals surface area (Å²) in [5.74, 6) is -1.87. The normalized spacial score (nSPS) is 33.2. The largest absolute Gasteiger partial charge is 0.508 e. The number of ether oxygens (including phenoxy) is 2. The Labute approximate surface area is 150 Å². The molecule has 0 aromatic heterocycles. The summed E-state index contributed by atoms with van der Waals surface area (Å²) in [4.78, 5) is 23.2. The lowest BCUT2D eigenvalue weighted by Gasteiger charge is -2.28. The van der Waals surface area contributed by atoms with E-state index in [4.69, 9.17) is 9.47 Å². The maximum absolute atomic E-state index is 12.1. The van der Waals surface area contributed by atoms with Gasteiger partial charge >= 0.3 is 5.97 Å². The average Bonchev–Trinajstić information content (AvgIpc) is 3.08. The van der Waals surface area contributed by atoms with Crippen molar-refractivity contribution in [3.8, 4) is 5.75 Å². The third kappa shape index (κ3) is 3.29. The van der Waals surface area contributed by atoms with Gasteiger partial charge in [0.05, 0.1) is 12.5 Å². The number of fused-ring (bicyclic) bond motifs is 1. The molecule has 1 aromatic rings. The molecule has 7 heteroatoms. The molecule has 2 aliphatic rings. The number of aliphatic hydroxyl groups is 2. The molecule has 1 aliphatic carbocycles. The number of allylic oxidation sites excluding steroid dienone is 1. The molecule has 5 atom stereocenters. The quantitative estimate of drug-likeness (QED) is 0.404. The van der Waals surface area contributed by atoms with Gasteiger partial charge in [0.1, 0.15) is 23.7 Å². The van der Waals surface area contributed by atoms with Gasteiger partial charge in [0.2, 0.25) is 0 Å².